The zero-order chi connectivity index (χ0) is 13.4. The minimum absolute atomic E-state index is 0.178. The third-order valence-electron chi connectivity index (χ3n) is 3.03. The van der Waals surface area contributed by atoms with Gasteiger partial charge in [0.15, 0.2) is 16.6 Å². The summed E-state index contributed by atoms with van der Waals surface area (Å²) in [6.07, 6.45) is 0. The molecule has 7 heteroatoms. The molecule has 19 heavy (non-hydrogen) atoms. The Labute approximate surface area is 114 Å². The van der Waals surface area contributed by atoms with Crippen LogP contribution >= 0.6 is 12.2 Å². The Bertz CT molecular complexity index is 611. The second-order valence-electron chi connectivity index (χ2n) is 4.16. The van der Waals surface area contributed by atoms with Crippen LogP contribution in [0.3, 0.4) is 0 Å². The Morgan fingerprint density at radius 2 is 2.16 bits per heavy atom. The standard InChI is InChI=1S/C12H9N3O3S/c13-4-7-10(14-12(19)15-11(7)16)6-1-2-8-9(3-6)18-5-17-8/h1-3,7,10H,5H2,(H2,14,15,16,19)/t7-,10-/m1/s1. The maximum Gasteiger partial charge on any atom is 0.245 e. The summed E-state index contributed by atoms with van der Waals surface area (Å²) in [5, 5.41) is 14.7. The molecule has 2 aliphatic heterocycles. The normalized spacial score (nSPS) is 24.4. The van der Waals surface area contributed by atoms with Crippen LogP contribution in [0.5, 0.6) is 11.5 Å². The Hall–Kier alpha value is -2.33. The van der Waals surface area contributed by atoms with Gasteiger partial charge in [-0.05, 0) is 29.9 Å². The molecule has 1 aromatic rings. The van der Waals surface area contributed by atoms with Crippen molar-refractivity contribution in [3.63, 3.8) is 0 Å². The molecule has 1 fully saturated rings. The minimum atomic E-state index is -0.841. The number of nitriles is 1. The van der Waals surface area contributed by atoms with Crippen molar-refractivity contribution in [3.05, 3.63) is 23.8 Å². The molecule has 6 nitrogen and oxygen atoms in total. The number of amides is 1. The number of carbonyl (C=O) groups is 1. The average Bonchev–Trinajstić information content (AvgIpc) is 2.85. The lowest BCUT2D eigenvalue weighted by atomic mass is 9.92. The fourth-order valence-corrected chi connectivity index (χ4v) is 2.34. The number of carbonyl (C=O) groups excluding carboxylic acids is 1. The van der Waals surface area contributed by atoms with Crippen LogP contribution in [0.1, 0.15) is 11.6 Å². The number of nitrogens with one attached hydrogen (secondary N) is 2. The minimum Gasteiger partial charge on any atom is -0.454 e. The van der Waals surface area contributed by atoms with Crippen molar-refractivity contribution in [1.29, 1.82) is 5.26 Å². The lowest BCUT2D eigenvalue weighted by Gasteiger charge is -2.29. The van der Waals surface area contributed by atoms with Gasteiger partial charge in [0.1, 0.15) is 5.92 Å². The van der Waals surface area contributed by atoms with E-state index in [2.05, 4.69) is 10.6 Å². The van der Waals surface area contributed by atoms with Crippen molar-refractivity contribution >= 4 is 23.2 Å². The number of hydrogen-bond acceptors (Lipinski definition) is 5. The molecule has 0 unspecified atom stereocenters. The molecule has 1 amide bonds. The summed E-state index contributed by atoms with van der Waals surface area (Å²) in [5.41, 5.74) is 0.757. The molecule has 0 radical (unpaired) electrons. The van der Waals surface area contributed by atoms with E-state index in [0.717, 1.165) is 5.56 Å². The Balaban J connectivity index is 1.97. The summed E-state index contributed by atoms with van der Waals surface area (Å²) in [6, 6.07) is 6.80. The molecule has 2 atom stereocenters. The van der Waals surface area contributed by atoms with Crippen LogP contribution in [-0.4, -0.2) is 17.8 Å². The summed E-state index contributed by atoms with van der Waals surface area (Å²) in [5.74, 6) is 0.0222. The highest BCUT2D eigenvalue weighted by Crippen LogP contribution is 2.36. The van der Waals surface area contributed by atoms with Gasteiger partial charge in [0.25, 0.3) is 0 Å². The van der Waals surface area contributed by atoms with Crippen molar-refractivity contribution in [2.45, 2.75) is 6.04 Å². The molecule has 0 saturated carbocycles. The lowest BCUT2D eigenvalue weighted by Crippen LogP contribution is -2.53. The topological polar surface area (TPSA) is 83.4 Å². The van der Waals surface area contributed by atoms with Gasteiger partial charge < -0.3 is 20.1 Å². The van der Waals surface area contributed by atoms with Gasteiger partial charge in [0.2, 0.25) is 12.7 Å². The summed E-state index contributed by atoms with van der Waals surface area (Å²) in [4.78, 5) is 11.7. The zero-order valence-electron chi connectivity index (χ0n) is 9.67. The molecule has 3 rings (SSSR count). The van der Waals surface area contributed by atoms with E-state index in [1.54, 1.807) is 18.2 Å². The number of fused-ring (bicyclic) bond motifs is 1. The van der Waals surface area contributed by atoms with Gasteiger partial charge in [0.05, 0.1) is 12.1 Å². The van der Waals surface area contributed by atoms with E-state index in [0.29, 0.717) is 11.5 Å². The smallest absolute Gasteiger partial charge is 0.245 e. The van der Waals surface area contributed by atoms with Gasteiger partial charge in [-0.1, -0.05) is 6.07 Å². The van der Waals surface area contributed by atoms with Crippen molar-refractivity contribution in [3.8, 4) is 17.6 Å². The predicted molar refractivity (Wildman–Crippen MR) is 68.3 cm³/mol. The van der Waals surface area contributed by atoms with Crippen molar-refractivity contribution in [1.82, 2.24) is 10.6 Å². The van der Waals surface area contributed by atoms with E-state index in [-0.39, 0.29) is 11.9 Å². The molecule has 1 aromatic carbocycles. The Kier molecular flexibility index (Phi) is 2.72. The first-order chi connectivity index (χ1) is 9.19. The maximum absolute atomic E-state index is 11.7. The van der Waals surface area contributed by atoms with Gasteiger partial charge in [-0.25, -0.2) is 0 Å². The number of thiocarbonyl (C=S) groups is 1. The second kappa shape index (κ2) is 4.40. The van der Waals surface area contributed by atoms with Crippen molar-refractivity contribution < 1.29 is 14.3 Å². The Morgan fingerprint density at radius 1 is 1.37 bits per heavy atom. The molecule has 0 aromatic heterocycles. The van der Waals surface area contributed by atoms with Crippen LogP contribution in [0.25, 0.3) is 0 Å². The number of ether oxygens (including phenoxy) is 2. The number of hydrogen-bond donors (Lipinski definition) is 2. The van der Waals surface area contributed by atoms with Crippen molar-refractivity contribution in [2.75, 3.05) is 6.79 Å². The van der Waals surface area contributed by atoms with Crippen molar-refractivity contribution in [2.24, 2.45) is 5.92 Å². The number of nitrogens with zero attached hydrogens (tertiary/aromatic N) is 1. The average molecular weight is 275 g/mol. The summed E-state index contributed by atoms with van der Waals surface area (Å²) in [6.45, 7) is 0.178. The molecule has 96 valence electrons. The van der Waals surface area contributed by atoms with E-state index in [4.69, 9.17) is 27.0 Å². The van der Waals surface area contributed by atoms with E-state index in [1.807, 2.05) is 6.07 Å². The third-order valence-corrected chi connectivity index (χ3v) is 3.25. The van der Waals surface area contributed by atoms with Crippen LogP contribution in [0.15, 0.2) is 18.2 Å². The quantitative estimate of drug-likeness (QED) is 0.730. The first-order valence-electron chi connectivity index (χ1n) is 5.59. The van der Waals surface area contributed by atoms with E-state index in [9.17, 15) is 4.79 Å². The van der Waals surface area contributed by atoms with Crippen LogP contribution in [0.4, 0.5) is 0 Å². The fourth-order valence-electron chi connectivity index (χ4n) is 2.12. The molecule has 2 N–H and O–H groups in total. The van der Waals surface area contributed by atoms with Gasteiger partial charge >= 0.3 is 0 Å². The fraction of sp³-hybridized carbons (Fsp3) is 0.250. The first kappa shape index (κ1) is 11.7. The van der Waals surface area contributed by atoms with E-state index >= 15 is 0 Å². The van der Waals surface area contributed by atoms with Gasteiger partial charge in [-0.2, -0.15) is 5.26 Å². The van der Waals surface area contributed by atoms with Gasteiger partial charge in [0, 0.05) is 0 Å². The summed E-state index contributed by atoms with van der Waals surface area (Å²) in [7, 11) is 0. The second-order valence-corrected chi connectivity index (χ2v) is 4.57. The van der Waals surface area contributed by atoms with Crippen LogP contribution in [0.2, 0.25) is 0 Å². The molecule has 0 bridgehead atoms. The van der Waals surface area contributed by atoms with Crippen LogP contribution in [0, 0.1) is 17.2 Å². The predicted octanol–water partition coefficient (Wildman–Crippen LogP) is 0.600. The highest BCUT2D eigenvalue weighted by Gasteiger charge is 2.35. The molecule has 2 heterocycles. The van der Waals surface area contributed by atoms with Gasteiger partial charge in [-0.15, -0.1) is 0 Å². The van der Waals surface area contributed by atoms with Crippen LogP contribution in [-0.2, 0) is 4.79 Å². The molecular formula is C12H9N3O3S. The monoisotopic (exact) mass is 275 g/mol. The van der Waals surface area contributed by atoms with Crippen LogP contribution < -0.4 is 20.1 Å². The Morgan fingerprint density at radius 3 is 2.95 bits per heavy atom. The SMILES string of the molecule is N#C[C@H]1C(=O)NC(=S)N[C@@H]1c1ccc2c(c1)OCO2. The molecule has 2 aliphatic rings. The first-order valence-corrected chi connectivity index (χ1v) is 6.00. The third kappa shape index (κ3) is 1.96. The number of benzene rings is 1. The lowest BCUT2D eigenvalue weighted by molar-refractivity contribution is -0.123. The largest absolute Gasteiger partial charge is 0.454 e. The zero-order valence-corrected chi connectivity index (χ0v) is 10.5. The highest BCUT2D eigenvalue weighted by molar-refractivity contribution is 7.80. The maximum atomic E-state index is 11.7. The molecular weight excluding hydrogens is 266 g/mol. The summed E-state index contributed by atoms with van der Waals surface area (Å²) >= 11 is 4.95. The van der Waals surface area contributed by atoms with E-state index in [1.165, 1.54) is 0 Å². The molecule has 1 saturated heterocycles. The highest BCUT2D eigenvalue weighted by atomic mass is 32.1. The van der Waals surface area contributed by atoms with Gasteiger partial charge in [-0.3, -0.25) is 4.79 Å². The molecule has 0 aliphatic carbocycles. The number of rotatable bonds is 1. The summed E-state index contributed by atoms with van der Waals surface area (Å²) < 4.78 is 10.5. The molecule has 0 spiro atoms. The van der Waals surface area contributed by atoms with E-state index < -0.39 is 17.9 Å².